The van der Waals surface area contributed by atoms with Crippen molar-refractivity contribution >= 4 is 22.7 Å². The molecule has 30 heavy (non-hydrogen) atoms. The highest BCUT2D eigenvalue weighted by molar-refractivity contribution is 5.85. The number of nitrogens with one attached hydrogen (secondary N) is 2. The number of fused-ring (bicyclic) bond motifs is 1. The molecule has 8 heteroatoms. The molecular weight excluding hydrogens is 388 g/mol. The molecule has 0 amide bonds. The van der Waals surface area contributed by atoms with Crippen molar-refractivity contribution in [3.8, 4) is 5.75 Å². The number of benzene rings is 2. The van der Waals surface area contributed by atoms with Crippen LogP contribution >= 0.6 is 0 Å². The van der Waals surface area contributed by atoms with Crippen molar-refractivity contribution in [1.82, 2.24) is 15.6 Å². The highest BCUT2D eigenvalue weighted by atomic mass is 19.3. The molecule has 3 rings (SSSR count). The summed E-state index contributed by atoms with van der Waals surface area (Å²) in [4.78, 5) is 10.9. The smallest absolute Gasteiger partial charge is 0.387 e. The number of aliphatic imine (C=N–C) groups is 1. The Morgan fingerprint density at radius 2 is 1.70 bits per heavy atom. The van der Waals surface area contributed by atoms with E-state index in [-0.39, 0.29) is 5.75 Å². The first-order valence-electron chi connectivity index (χ1n) is 9.51. The van der Waals surface area contributed by atoms with Crippen molar-refractivity contribution in [2.45, 2.75) is 19.7 Å². The molecule has 0 aliphatic heterocycles. The molecule has 0 radical (unpaired) electrons. The van der Waals surface area contributed by atoms with Gasteiger partial charge in [-0.15, -0.1) is 0 Å². The molecule has 0 bridgehead atoms. The normalized spacial score (nSPS) is 11.6. The van der Waals surface area contributed by atoms with E-state index >= 15 is 0 Å². The van der Waals surface area contributed by atoms with Gasteiger partial charge in [0.25, 0.3) is 0 Å². The van der Waals surface area contributed by atoms with Crippen molar-refractivity contribution in [3.63, 3.8) is 0 Å². The summed E-state index contributed by atoms with van der Waals surface area (Å²) in [5, 5.41) is 7.48. The SMILES string of the molecule is CN=C(NCc1ccccc1OC(F)F)NCc1cc(N(C)C)nc2ccccc12. The van der Waals surface area contributed by atoms with Gasteiger partial charge in [-0.3, -0.25) is 4.99 Å². The van der Waals surface area contributed by atoms with E-state index in [0.29, 0.717) is 24.6 Å². The number of alkyl halides is 2. The number of para-hydroxylation sites is 2. The van der Waals surface area contributed by atoms with Crippen LogP contribution in [0.25, 0.3) is 10.9 Å². The second-order valence-corrected chi connectivity index (χ2v) is 6.82. The summed E-state index contributed by atoms with van der Waals surface area (Å²) in [6, 6.07) is 16.7. The third kappa shape index (κ3) is 5.34. The Balaban J connectivity index is 1.71. The van der Waals surface area contributed by atoms with Gasteiger partial charge in [-0.05, 0) is 23.8 Å². The first-order valence-corrected chi connectivity index (χ1v) is 9.51. The third-order valence-corrected chi connectivity index (χ3v) is 4.55. The summed E-state index contributed by atoms with van der Waals surface area (Å²) in [6.07, 6.45) is 0. The zero-order chi connectivity index (χ0) is 21.5. The molecule has 158 valence electrons. The lowest BCUT2D eigenvalue weighted by Gasteiger charge is -2.17. The number of pyridine rings is 1. The van der Waals surface area contributed by atoms with Gasteiger partial charge in [0.05, 0.1) is 5.52 Å². The third-order valence-electron chi connectivity index (χ3n) is 4.55. The maximum absolute atomic E-state index is 12.6. The van der Waals surface area contributed by atoms with Gasteiger partial charge < -0.3 is 20.3 Å². The zero-order valence-electron chi connectivity index (χ0n) is 17.2. The molecule has 0 fully saturated rings. The van der Waals surface area contributed by atoms with E-state index in [1.807, 2.05) is 49.3 Å². The number of guanidine groups is 1. The van der Waals surface area contributed by atoms with Crippen LogP contribution in [0.3, 0.4) is 0 Å². The van der Waals surface area contributed by atoms with E-state index in [1.54, 1.807) is 25.2 Å². The molecule has 2 aromatic carbocycles. The predicted octanol–water partition coefficient (Wildman–Crippen LogP) is 3.77. The van der Waals surface area contributed by atoms with Gasteiger partial charge >= 0.3 is 6.61 Å². The Bertz CT molecular complexity index is 1020. The highest BCUT2D eigenvalue weighted by Crippen LogP contribution is 2.22. The number of ether oxygens (including phenoxy) is 1. The van der Waals surface area contributed by atoms with Gasteiger partial charge in [-0.25, -0.2) is 4.98 Å². The maximum atomic E-state index is 12.6. The molecule has 0 atom stereocenters. The van der Waals surface area contributed by atoms with E-state index in [2.05, 4.69) is 25.3 Å². The lowest BCUT2D eigenvalue weighted by atomic mass is 10.1. The molecule has 0 aliphatic carbocycles. The van der Waals surface area contributed by atoms with Crippen molar-refractivity contribution in [2.24, 2.45) is 4.99 Å². The molecule has 0 saturated carbocycles. The van der Waals surface area contributed by atoms with Gasteiger partial charge in [0.15, 0.2) is 5.96 Å². The van der Waals surface area contributed by atoms with Crippen LogP contribution in [-0.4, -0.2) is 38.7 Å². The van der Waals surface area contributed by atoms with Gasteiger partial charge in [0.2, 0.25) is 0 Å². The van der Waals surface area contributed by atoms with Crippen LogP contribution in [0, 0.1) is 0 Å². The van der Waals surface area contributed by atoms with E-state index in [4.69, 9.17) is 0 Å². The predicted molar refractivity (Wildman–Crippen MR) is 116 cm³/mol. The number of rotatable bonds is 7. The Hall–Kier alpha value is -3.42. The van der Waals surface area contributed by atoms with E-state index in [9.17, 15) is 8.78 Å². The minimum Gasteiger partial charge on any atom is -0.434 e. The number of hydrogen-bond acceptors (Lipinski definition) is 4. The first-order chi connectivity index (χ1) is 14.5. The zero-order valence-corrected chi connectivity index (χ0v) is 17.2. The highest BCUT2D eigenvalue weighted by Gasteiger charge is 2.11. The molecule has 2 N–H and O–H groups in total. The fourth-order valence-corrected chi connectivity index (χ4v) is 3.05. The lowest BCUT2D eigenvalue weighted by Crippen LogP contribution is -2.36. The quantitative estimate of drug-likeness (QED) is 0.456. The summed E-state index contributed by atoms with van der Waals surface area (Å²) < 4.78 is 29.8. The molecule has 0 aliphatic rings. The lowest BCUT2D eigenvalue weighted by molar-refractivity contribution is -0.0504. The minimum absolute atomic E-state index is 0.145. The Morgan fingerprint density at radius 3 is 2.40 bits per heavy atom. The Labute approximate surface area is 174 Å². The van der Waals surface area contributed by atoms with Crippen LogP contribution in [0.2, 0.25) is 0 Å². The van der Waals surface area contributed by atoms with E-state index in [1.165, 1.54) is 6.07 Å². The van der Waals surface area contributed by atoms with Crippen LogP contribution in [0.1, 0.15) is 11.1 Å². The molecule has 1 aromatic heterocycles. The number of hydrogen-bond donors (Lipinski definition) is 2. The van der Waals surface area contributed by atoms with Crippen molar-refractivity contribution in [2.75, 3.05) is 26.0 Å². The molecular formula is C22H25F2N5O. The number of aromatic nitrogens is 1. The Kier molecular flexibility index (Phi) is 7.00. The molecule has 6 nitrogen and oxygen atoms in total. The standard InChI is InChI=1S/C22H25F2N5O/c1-25-22(26-13-15-8-4-7-11-19(15)30-21(23)24)27-14-16-12-20(29(2)3)28-18-10-6-5-9-17(16)18/h4-12,21H,13-14H2,1-3H3,(H2,25,26,27). The van der Waals surface area contributed by atoms with E-state index < -0.39 is 6.61 Å². The van der Waals surface area contributed by atoms with Crippen LogP contribution in [-0.2, 0) is 13.1 Å². The molecule has 3 aromatic rings. The van der Waals surface area contributed by atoms with Crippen LogP contribution in [0.5, 0.6) is 5.75 Å². The van der Waals surface area contributed by atoms with Crippen LogP contribution in [0.15, 0.2) is 59.6 Å². The second kappa shape index (κ2) is 9.87. The number of halogens is 2. The minimum atomic E-state index is -2.87. The largest absolute Gasteiger partial charge is 0.434 e. The van der Waals surface area contributed by atoms with Crippen molar-refractivity contribution in [1.29, 1.82) is 0 Å². The fraction of sp³-hybridized carbons (Fsp3) is 0.273. The topological polar surface area (TPSA) is 61.8 Å². The molecule has 0 saturated heterocycles. The number of nitrogens with zero attached hydrogens (tertiary/aromatic N) is 3. The Morgan fingerprint density at radius 1 is 1.03 bits per heavy atom. The van der Waals surface area contributed by atoms with E-state index in [0.717, 1.165) is 22.3 Å². The average Bonchev–Trinajstić information content (AvgIpc) is 2.74. The van der Waals surface area contributed by atoms with Gasteiger partial charge in [0, 0.05) is 45.2 Å². The summed E-state index contributed by atoms with van der Waals surface area (Å²) in [5.74, 6) is 1.56. The molecule has 0 unspecified atom stereocenters. The van der Waals surface area contributed by atoms with Crippen molar-refractivity contribution in [3.05, 3.63) is 65.7 Å². The second-order valence-electron chi connectivity index (χ2n) is 6.82. The molecule has 1 heterocycles. The summed E-state index contributed by atoms with van der Waals surface area (Å²) in [6.45, 7) is -2.05. The van der Waals surface area contributed by atoms with Crippen molar-refractivity contribution < 1.29 is 13.5 Å². The van der Waals surface area contributed by atoms with Gasteiger partial charge in [-0.2, -0.15) is 8.78 Å². The van der Waals surface area contributed by atoms with Crippen LogP contribution < -0.4 is 20.3 Å². The van der Waals surface area contributed by atoms with Crippen LogP contribution in [0.4, 0.5) is 14.6 Å². The summed E-state index contributed by atoms with van der Waals surface area (Å²) in [5.41, 5.74) is 2.61. The number of anilines is 1. The fourth-order valence-electron chi connectivity index (χ4n) is 3.05. The first kappa shape index (κ1) is 21.3. The van der Waals surface area contributed by atoms with Gasteiger partial charge in [0.1, 0.15) is 11.6 Å². The summed E-state index contributed by atoms with van der Waals surface area (Å²) >= 11 is 0. The molecule has 0 spiro atoms. The van der Waals surface area contributed by atoms with Gasteiger partial charge in [-0.1, -0.05) is 36.4 Å². The maximum Gasteiger partial charge on any atom is 0.387 e. The monoisotopic (exact) mass is 413 g/mol. The average molecular weight is 413 g/mol. The summed E-state index contributed by atoms with van der Waals surface area (Å²) in [7, 11) is 5.56.